The first-order chi connectivity index (χ1) is 14.5. The lowest BCUT2D eigenvalue weighted by molar-refractivity contribution is -0.127. The molecule has 0 bridgehead atoms. The molecular formula is C26H31NO3. The zero-order valence-corrected chi connectivity index (χ0v) is 17.9. The van der Waals surface area contributed by atoms with Gasteiger partial charge in [0, 0.05) is 12.3 Å². The van der Waals surface area contributed by atoms with Crippen molar-refractivity contribution in [1.29, 1.82) is 0 Å². The molecule has 0 radical (unpaired) electrons. The molecule has 4 rings (SSSR count). The fourth-order valence-corrected chi connectivity index (χ4v) is 5.02. The van der Waals surface area contributed by atoms with Crippen LogP contribution in [0.15, 0.2) is 48.5 Å². The molecule has 0 heterocycles. The summed E-state index contributed by atoms with van der Waals surface area (Å²) < 4.78 is 5.72. The lowest BCUT2D eigenvalue weighted by Crippen LogP contribution is -2.56. The number of Topliss-reactive ketones (excluding diaryl/α,β-unsaturated/α-hetero) is 1. The molecule has 30 heavy (non-hydrogen) atoms. The number of rotatable bonds is 6. The number of hydrogen-bond acceptors (Lipinski definition) is 3. The highest BCUT2D eigenvalue weighted by Crippen LogP contribution is 2.44. The molecule has 4 nitrogen and oxygen atoms in total. The maximum Gasteiger partial charge on any atom is 0.407 e. The molecule has 4 heteroatoms. The van der Waals surface area contributed by atoms with Gasteiger partial charge < -0.3 is 10.1 Å². The van der Waals surface area contributed by atoms with E-state index in [1.165, 1.54) is 22.3 Å². The van der Waals surface area contributed by atoms with Crippen LogP contribution in [0.2, 0.25) is 0 Å². The molecule has 0 aromatic heterocycles. The van der Waals surface area contributed by atoms with Crippen LogP contribution in [0.4, 0.5) is 4.79 Å². The number of ether oxygens (including phenoxy) is 1. The lowest BCUT2D eigenvalue weighted by atomic mass is 9.76. The maximum atomic E-state index is 13.0. The van der Waals surface area contributed by atoms with Crippen LogP contribution in [0.1, 0.15) is 69.4 Å². The van der Waals surface area contributed by atoms with E-state index in [9.17, 15) is 9.59 Å². The van der Waals surface area contributed by atoms with Gasteiger partial charge in [0.25, 0.3) is 0 Å². The van der Waals surface area contributed by atoms with Crippen molar-refractivity contribution in [3.05, 3.63) is 59.7 Å². The second-order valence-corrected chi connectivity index (χ2v) is 9.11. The summed E-state index contributed by atoms with van der Waals surface area (Å²) in [5.74, 6) is 0.447. The van der Waals surface area contributed by atoms with E-state index in [-0.39, 0.29) is 24.2 Å². The van der Waals surface area contributed by atoms with Gasteiger partial charge in [-0.1, -0.05) is 81.6 Å². The van der Waals surface area contributed by atoms with Crippen molar-refractivity contribution in [2.75, 3.05) is 6.61 Å². The Bertz CT molecular complexity index is 882. The number of carbonyl (C=O) groups is 2. The third-order valence-corrected chi connectivity index (χ3v) is 6.52. The summed E-state index contributed by atoms with van der Waals surface area (Å²) in [4.78, 5) is 25.8. The van der Waals surface area contributed by atoms with Crippen LogP contribution in [0.5, 0.6) is 0 Å². The van der Waals surface area contributed by atoms with E-state index >= 15 is 0 Å². The lowest BCUT2D eigenvalue weighted by Gasteiger charge is -2.36. The average Bonchev–Trinajstić information content (AvgIpc) is 3.06. The van der Waals surface area contributed by atoms with Crippen molar-refractivity contribution < 1.29 is 14.3 Å². The standard InChI is InChI=1S/C26H31NO3/c1-18(2)16-24(28)26(14-8-3-9-15-26)27-25(29)30-17-23-21-12-6-4-10-19(21)20-11-5-7-13-22(20)23/h4-7,10-13,18,23H,3,8-9,14-17H2,1-2H3,(H,27,29). The van der Waals surface area contributed by atoms with E-state index in [0.717, 1.165) is 19.3 Å². The predicted molar refractivity (Wildman–Crippen MR) is 118 cm³/mol. The summed E-state index contributed by atoms with van der Waals surface area (Å²) in [6, 6.07) is 16.6. The minimum absolute atomic E-state index is 0.0248. The highest BCUT2D eigenvalue weighted by Gasteiger charge is 2.41. The van der Waals surface area contributed by atoms with E-state index in [4.69, 9.17) is 4.74 Å². The van der Waals surface area contributed by atoms with E-state index in [0.29, 0.717) is 19.3 Å². The molecule has 0 spiro atoms. The monoisotopic (exact) mass is 405 g/mol. The minimum atomic E-state index is -0.759. The van der Waals surface area contributed by atoms with Crippen LogP contribution < -0.4 is 5.32 Å². The molecule has 1 amide bonds. The molecule has 1 fully saturated rings. The molecule has 1 N–H and O–H groups in total. The number of nitrogens with one attached hydrogen (secondary N) is 1. The second kappa shape index (κ2) is 8.63. The topological polar surface area (TPSA) is 55.4 Å². The minimum Gasteiger partial charge on any atom is -0.449 e. The predicted octanol–water partition coefficient (Wildman–Crippen LogP) is 5.84. The highest BCUT2D eigenvalue weighted by molar-refractivity contribution is 5.92. The first-order valence-corrected chi connectivity index (χ1v) is 11.2. The number of fused-ring (bicyclic) bond motifs is 3. The molecule has 0 aliphatic heterocycles. The van der Waals surface area contributed by atoms with Gasteiger partial charge in [0.05, 0.1) is 0 Å². The van der Waals surface area contributed by atoms with Gasteiger partial charge in [-0.3, -0.25) is 4.79 Å². The Labute approximate surface area is 179 Å². The zero-order valence-electron chi connectivity index (χ0n) is 17.9. The fourth-order valence-electron chi connectivity index (χ4n) is 5.02. The molecule has 0 saturated heterocycles. The zero-order chi connectivity index (χ0) is 21.1. The van der Waals surface area contributed by atoms with Crippen LogP contribution in [-0.2, 0) is 9.53 Å². The Morgan fingerprint density at radius 2 is 1.53 bits per heavy atom. The maximum absolute atomic E-state index is 13.0. The Balaban J connectivity index is 1.47. The Morgan fingerprint density at radius 3 is 2.10 bits per heavy atom. The Hall–Kier alpha value is -2.62. The Morgan fingerprint density at radius 1 is 0.967 bits per heavy atom. The van der Waals surface area contributed by atoms with Crippen molar-refractivity contribution in [1.82, 2.24) is 5.32 Å². The number of alkyl carbamates (subject to hydrolysis) is 1. The van der Waals surface area contributed by atoms with Crippen molar-refractivity contribution in [2.24, 2.45) is 5.92 Å². The molecule has 1 saturated carbocycles. The van der Waals surface area contributed by atoms with Crippen molar-refractivity contribution in [3.8, 4) is 11.1 Å². The van der Waals surface area contributed by atoms with Gasteiger partial charge in [-0.15, -0.1) is 0 Å². The van der Waals surface area contributed by atoms with Crippen molar-refractivity contribution in [2.45, 2.75) is 63.8 Å². The molecule has 2 aromatic rings. The summed E-state index contributed by atoms with van der Waals surface area (Å²) in [6.07, 6.45) is 4.48. The number of amides is 1. The van der Waals surface area contributed by atoms with Crippen LogP contribution >= 0.6 is 0 Å². The summed E-state index contributed by atoms with van der Waals surface area (Å²) in [5.41, 5.74) is 4.03. The summed E-state index contributed by atoms with van der Waals surface area (Å²) in [5, 5.41) is 3.00. The van der Waals surface area contributed by atoms with Gasteiger partial charge in [-0.2, -0.15) is 0 Å². The van der Waals surface area contributed by atoms with Crippen LogP contribution in [0.3, 0.4) is 0 Å². The Kier molecular flexibility index (Phi) is 5.94. The normalized spacial score (nSPS) is 17.3. The smallest absolute Gasteiger partial charge is 0.407 e. The molecule has 2 aromatic carbocycles. The number of benzene rings is 2. The van der Waals surface area contributed by atoms with Gasteiger partial charge in [-0.05, 0) is 41.0 Å². The van der Waals surface area contributed by atoms with E-state index in [2.05, 4.69) is 29.6 Å². The van der Waals surface area contributed by atoms with Gasteiger partial charge in [0.2, 0.25) is 0 Å². The van der Waals surface area contributed by atoms with Crippen LogP contribution in [0, 0.1) is 5.92 Å². The number of ketones is 1. The second-order valence-electron chi connectivity index (χ2n) is 9.11. The van der Waals surface area contributed by atoms with Gasteiger partial charge in [0.1, 0.15) is 12.1 Å². The van der Waals surface area contributed by atoms with Crippen molar-refractivity contribution >= 4 is 11.9 Å². The van der Waals surface area contributed by atoms with E-state index in [1.54, 1.807) is 0 Å². The third kappa shape index (κ3) is 4.00. The first kappa shape index (κ1) is 20.6. The number of carbonyl (C=O) groups excluding carboxylic acids is 2. The highest BCUT2D eigenvalue weighted by atomic mass is 16.5. The summed E-state index contributed by atoms with van der Waals surface area (Å²) in [7, 11) is 0. The van der Waals surface area contributed by atoms with Crippen LogP contribution in [-0.4, -0.2) is 24.0 Å². The van der Waals surface area contributed by atoms with Gasteiger partial charge in [0.15, 0.2) is 5.78 Å². The summed E-state index contributed by atoms with van der Waals surface area (Å²) in [6.45, 7) is 4.36. The fraction of sp³-hybridized carbons (Fsp3) is 0.462. The van der Waals surface area contributed by atoms with Gasteiger partial charge >= 0.3 is 6.09 Å². The van der Waals surface area contributed by atoms with Crippen LogP contribution in [0.25, 0.3) is 11.1 Å². The van der Waals surface area contributed by atoms with Gasteiger partial charge in [-0.25, -0.2) is 4.79 Å². The first-order valence-electron chi connectivity index (χ1n) is 11.2. The molecule has 2 aliphatic rings. The summed E-state index contributed by atoms with van der Waals surface area (Å²) >= 11 is 0. The molecule has 2 aliphatic carbocycles. The van der Waals surface area contributed by atoms with E-state index < -0.39 is 11.6 Å². The van der Waals surface area contributed by atoms with Crippen molar-refractivity contribution in [3.63, 3.8) is 0 Å². The molecular weight excluding hydrogens is 374 g/mol. The van der Waals surface area contributed by atoms with E-state index in [1.807, 2.05) is 38.1 Å². The molecule has 0 atom stereocenters. The molecule has 0 unspecified atom stereocenters. The largest absolute Gasteiger partial charge is 0.449 e. The third-order valence-electron chi connectivity index (χ3n) is 6.52. The SMILES string of the molecule is CC(C)CC(=O)C1(NC(=O)OCC2c3ccccc3-c3ccccc32)CCCCC1. The average molecular weight is 406 g/mol. The quantitative estimate of drug-likeness (QED) is 0.656. The molecule has 158 valence electrons. The number of hydrogen-bond donors (Lipinski definition) is 1.